The van der Waals surface area contributed by atoms with Crippen LogP contribution in [0.4, 0.5) is 5.69 Å². The maximum Gasteiger partial charge on any atom is 0.360 e. The van der Waals surface area contributed by atoms with E-state index in [-0.39, 0.29) is 39.6 Å². The van der Waals surface area contributed by atoms with E-state index < -0.39 is 54.4 Å². The quantitative estimate of drug-likeness (QED) is 0.0820. The van der Waals surface area contributed by atoms with Gasteiger partial charge in [-0.2, -0.15) is 0 Å². The summed E-state index contributed by atoms with van der Waals surface area (Å²) in [6.07, 6.45) is 3.51. The van der Waals surface area contributed by atoms with E-state index in [1.54, 1.807) is 29.2 Å². The molecule has 13 heteroatoms. The van der Waals surface area contributed by atoms with Gasteiger partial charge in [-0.15, -0.1) is 0 Å². The molecule has 4 unspecified atom stereocenters. The number of fused-ring (bicyclic) bond motifs is 1. The highest BCUT2D eigenvalue weighted by Gasteiger charge is 2.64. The maximum atomic E-state index is 14.6. The lowest BCUT2D eigenvalue weighted by atomic mass is 9.79. The fourth-order valence-electron chi connectivity index (χ4n) is 6.68. The fraction of sp³-hybridized carbons (Fsp3) is 0.485. The monoisotopic (exact) mass is 667 g/mol. The van der Waals surface area contributed by atoms with E-state index in [1.807, 2.05) is 33.5 Å². The van der Waals surface area contributed by atoms with E-state index in [0.717, 1.165) is 25.7 Å². The Morgan fingerprint density at radius 3 is 2.28 bits per heavy atom. The van der Waals surface area contributed by atoms with Crippen molar-refractivity contribution in [1.82, 2.24) is 9.80 Å². The van der Waals surface area contributed by atoms with Crippen molar-refractivity contribution >= 4 is 43.0 Å². The summed E-state index contributed by atoms with van der Waals surface area (Å²) in [6, 6.07) is 11.9. The SMILES string of the molecule is CC(O[Si](C)(C)C)C1C(=O)N2C(C(=O)OCc3ccc([N+](=O)[O-])cc3)=C([S+]([O-])c3ccccc3C(=O)N3CCCCCC3)C(C)[C@@H]12. The van der Waals surface area contributed by atoms with Crippen molar-refractivity contribution in [3.8, 4) is 0 Å². The highest BCUT2D eigenvalue weighted by Crippen LogP contribution is 2.51. The Kier molecular flexibility index (Phi) is 10.1. The zero-order valence-corrected chi connectivity index (χ0v) is 28.7. The molecule has 0 aliphatic carbocycles. The van der Waals surface area contributed by atoms with Crippen LogP contribution in [-0.4, -0.2) is 70.6 Å². The van der Waals surface area contributed by atoms with Crippen molar-refractivity contribution in [2.24, 2.45) is 11.8 Å². The number of likely N-dealkylation sites (tertiary alicyclic amines) is 1. The molecular weight excluding hydrogens is 627 g/mol. The zero-order chi connectivity index (χ0) is 33.3. The average molecular weight is 668 g/mol. The van der Waals surface area contributed by atoms with Gasteiger partial charge in [0, 0.05) is 36.4 Å². The van der Waals surface area contributed by atoms with Crippen LogP contribution in [0, 0.1) is 22.0 Å². The van der Waals surface area contributed by atoms with Crippen LogP contribution in [0.15, 0.2) is 64.0 Å². The van der Waals surface area contributed by atoms with E-state index in [4.69, 9.17) is 9.16 Å². The lowest BCUT2D eigenvalue weighted by Crippen LogP contribution is -2.64. The normalized spacial score (nSPS) is 22.9. The largest absolute Gasteiger partial charge is 0.607 e. The van der Waals surface area contributed by atoms with Gasteiger partial charge in [-0.1, -0.05) is 31.9 Å². The average Bonchev–Trinajstić information content (AvgIpc) is 3.14. The molecule has 3 aliphatic rings. The van der Waals surface area contributed by atoms with Crippen molar-refractivity contribution in [2.75, 3.05) is 13.1 Å². The first-order chi connectivity index (χ1) is 21.8. The third-order valence-electron chi connectivity index (χ3n) is 8.75. The molecule has 3 aliphatic heterocycles. The Labute approximate surface area is 273 Å². The number of carbonyl (C=O) groups excluding carboxylic acids is 3. The molecule has 0 N–H and O–H groups in total. The predicted octanol–water partition coefficient (Wildman–Crippen LogP) is 5.39. The van der Waals surface area contributed by atoms with E-state index >= 15 is 0 Å². The Hall–Kier alpha value is -3.52. The second-order valence-electron chi connectivity index (χ2n) is 13.1. The first-order valence-electron chi connectivity index (χ1n) is 15.8. The first-order valence-corrected chi connectivity index (χ1v) is 20.3. The molecule has 2 fully saturated rings. The topological polar surface area (TPSA) is 142 Å². The number of rotatable bonds is 10. The smallest absolute Gasteiger partial charge is 0.360 e. The molecule has 0 aromatic heterocycles. The molecule has 246 valence electrons. The van der Waals surface area contributed by atoms with Gasteiger partial charge in [0.2, 0.25) is 5.91 Å². The summed E-state index contributed by atoms with van der Waals surface area (Å²) in [4.78, 5) is 55.5. The van der Waals surface area contributed by atoms with Crippen LogP contribution in [0.2, 0.25) is 19.6 Å². The number of carbonyl (C=O) groups is 3. The molecule has 5 atom stereocenters. The number of esters is 1. The van der Waals surface area contributed by atoms with Crippen LogP contribution in [0.25, 0.3) is 0 Å². The summed E-state index contributed by atoms with van der Waals surface area (Å²) in [7, 11) is -2.01. The van der Waals surface area contributed by atoms with Crippen LogP contribution in [0.3, 0.4) is 0 Å². The molecule has 5 rings (SSSR count). The van der Waals surface area contributed by atoms with E-state index in [1.165, 1.54) is 29.2 Å². The molecule has 11 nitrogen and oxygen atoms in total. The Balaban J connectivity index is 1.49. The zero-order valence-electron chi connectivity index (χ0n) is 26.9. The molecule has 2 saturated heterocycles. The lowest BCUT2D eigenvalue weighted by Gasteiger charge is -2.48. The minimum Gasteiger partial charge on any atom is -0.607 e. The number of β-lactam (4-membered cyclic amide) rings is 1. The summed E-state index contributed by atoms with van der Waals surface area (Å²) < 4.78 is 26.5. The fourth-order valence-corrected chi connectivity index (χ4v) is 9.57. The highest BCUT2D eigenvalue weighted by atomic mass is 32.2. The van der Waals surface area contributed by atoms with Crippen molar-refractivity contribution in [3.05, 3.63) is 80.4 Å². The van der Waals surface area contributed by atoms with Crippen molar-refractivity contribution in [3.63, 3.8) is 0 Å². The van der Waals surface area contributed by atoms with Gasteiger partial charge in [0.05, 0.1) is 34.5 Å². The number of nitrogens with zero attached hydrogens (tertiary/aromatic N) is 3. The Bertz CT molecular complexity index is 1530. The third kappa shape index (κ3) is 6.78. The molecule has 0 bridgehead atoms. The van der Waals surface area contributed by atoms with Gasteiger partial charge in [0.25, 0.3) is 11.6 Å². The summed E-state index contributed by atoms with van der Waals surface area (Å²) in [5, 5.41) is 11.0. The van der Waals surface area contributed by atoms with Gasteiger partial charge in [0.1, 0.15) is 6.61 Å². The molecule has 2 aromatic carbocycles. The second-order valence-corrected chi connectivity index (χ2v) is 19.0. The number of benzene rings is 2. The van der Waals surface area contributed by atoms with E-state index in [0.29, 0.717) is 24.2 Å². The van der Waals surface area contributed by atoms with Crippen LogP contribution in [0.5, 0.6) is 0 Å². The van der Waals surface area contributed by atoms with Crippen molar-refractivity contribution < 1.29 is 33.0 Å². The predicted molar refractivity (Wildman–Crippen MR) is 174 cm³/mol. The second kappa shape index (κ2) is 13.7. The third-order valence-corrected chi connectivity index (χ3v) is 11.6. The molecule has 0 saturated carbocycles. The van der Waals surface area contributed by atoms with E-state index in [2.05, 4.69) is 0 Å². The minimum atomic E-state index is -2.01. The summed E-state index contributed by atoms with van der Waals surface area (Å²) >= 11 is -1.97. The Morgan fingerprint density at radius 1 is 1.04 bits per heavy atom. The van der Waals surface area contributed by atoms with Crippen LogP contribution >= 0.6 is 0 Å². The number of hydrogen-bond donors (Lipinski definition) is 0. The van der Waals surface area contributed by atoms with E-state index in [9.17, 15) is 29.1 Å². The van der Waals surface area contributed by atoms with Gasteiger partial charge >= 0.3 is 5.97 Å². The molecule has 46 heavy (non-hydrogen) atoms. The van der Waals surface area contributed by atoms with Gasteiger partial charge in [0.15, 0.2) is 23.8 Å². The number of nitro groups is 1. The van der Waals surface area contributed by atoms with Gasteiger partial charge < -0.3 is 18.6 Å². The number of hydrogen-bond acceptors (Lipinski definition) is 8. The van der Waals surface area contributed by atoms with Crippen LogP contribution in [-0.2, 0) is 36.5 Å². The summed E-state index contributed by atoms with van der Waals surface area (Å²) in [5.41, 5.74) is 0.663. The number of nitro benzene ring substituents is 1. The number of non-ortho nitro benzene ring substituents is 1. The number of amides is 2. The molecule has 0 radical (unpaired) electrons. The summed E-state index contributed by atoms with van der Waals surface area (Å²) in [6.45, 7) is 10.9. The molecular formula is C33H41N3O8SSi. The van der Waals surface area contributed by atoms with Gasteiger partial charge in [-0.05, 0) is 69.2 Å². The first kappa shape index (κ1) is 33.8. The van der Waals surface area contributed by atoms with Gasteiger partial charge in [-0.25, -0.2) is 4.79 Å². The van der Waals surface area contributed by atoms with Crippen LogP contribution < -0.4 is 0 Å². The maximum absolute atomic E-state index is 14.6. The molecule has 2 aromatic rings. The minimum absolute atomic E-state index is 0.0729. The van der Waals surface area contributed by atoms with Gasteiger partial charge in [-0.3, -0.25) is 24.6 Å². The number of ether oxygens (including phenoxy) is 1. The highest BCUT2D eigenvalue weighted by molar-refractivity contribution is 7.95. The lowest BCUT2D eigenvalue weighted by molar-refractivity contribution is -0.384. The molecule has 0 spiro atoms. The summed E-state index contributed by atoms with van der Waals surface area (Å²) in [5.74, 6) is -2.35. The Morgan fingerprint density at radius 2 is 1.67 bits per heavy atom. The van der Waals surface area contributed by atoms with Crippen molar-refractivity contribution in [2.45, 2.75) is 82.8 Å². The molecule has 2 amide bonds. The van der Waals surface area contributed by atoms with Crippen molar-refractivity contribution in [1.29, 1.82) is 0 Å². The standard InChI is InChI=1S/C33H41N3O8SSi/c1-21-28-27(22(2)44-46(3,4)5)32(38)35(28)29(33(39)43-20-23-14-16-24(17-15-23)36(40)41)30(21)45(42)26-13-9-8-12-25(26)31(37)34-18-10-6-7-11-19-34/h8-9,12-17,21-22,27-28H,6-7,10-11,18-20H2,1-5H3/t21?,22?,27?,28-,45?/m0/s1. The molecule has 3 heterocycles. The van der Waals surface area contributed by atoms with Crippen LogP contribution in [0.1, 0.15) is 55.5 Å².